The summed E-state index contributed by atoms with van der Waals surface area (Å²) >= 11 is 3.28. The van der Waals surface area contributed by atoms with Gasteiger partial charge in [-0.15, -0.1) is 21.5 Å². The number of aromatic nitrogens is 3. The Kier molecular flexibility index (Phi) is 4.18. The molecule has 0 spiro atoms. The van der Waals surface area contributed by atoms with Gasteiger partial charge in [0.1, 0.15) is 5.75 Å². The summed E-state index contributed by atoms with van der Waals surface area (Å²) in [6.45, 7) is 0. The fraction of sp³-hybridized carbons (Fsp3) is 0.118. The highest BCUT2D eigenvalue weighted by atomic mass is 32.2. The van der Waals surface area contributed by atoms with Crippen LogP contribution in [0.25, 0.3) is 21.7 Å². The van der Waals surface area contributed by atoms with Crippen LogP contribution in [0.4, 0.5) is 0 Å². The molecular formula is C17H13N3O2S2. The molecule has 0 atom stereocenters. The van der Waals surface area contributed by atoms with Crippen LogP contribution >= 0.6 is 23.1 Å². The minimum absolute atomic E-state index is 0.512. The maximum Gasteiger partial charge on any atom is 0.247 e. The van der Waals surface area contributed by atoms with Crippen LogP contribution < -0.4 is 4.74 Å². The number of hydrogen-bond acceptors (Lipinski definition) is 7. The molecule has 0 saturated carbocycles. The third-order valence-corrected chi connectivity index (χ3v) is 5.56. The second-order valence-electron chi connectivity index (χ2n) is 4.97. The lowest BCUT2D eigenvalue weighted by Crippen LogP contribution is -1.82. The van der Waals surface area contributed by atoms with E-state index >= 15 is 0 Å². The van der Waals surface area contributed by atoms with Crippen LogP contribution in [0.1, 0.15) is 5.89 Å². The van der Waals surface area contributed by atoms with Crippen LogP contribution in [0.3, 0.4) is 0 Å². The fourth-order valence-electron chi connectivity index (χ4n) is 2.20. The van der Waals surface area contributed by atoms with Gasteiger partial charge in [-0.3, -0.25) is 0 Å². The number of nitrogens with zero attached hydrogens (tertiary/aromatic N) is 3. The topological polar surface area (TPSA) is 61.0 Å². The lowest BCUT2D eigenvalue weighted by atomic mass is 10.2. The molecule has 0 bridgehead atoms. The Morgan fingerprint density at radius 3 is 2.71 bits per heavy atom. The Labute approximate surface area is 146 Å². The number of rotatable bonds is 5. The van der Waals surface area contributed by atoms with E-state index in [2.05, 4.69) is 21.2 Å². The van der Waals surface area contributed by atoms with Crippen molar-refractivity contribution < 1.29 is 9.15 Å². The average Bonchev–Trinajstić information content (AvgIpc) is 3.26. The molecule has 0 aliphatic rings. The highest BCUT2D eigenvalue weighted by Gasteiger charge is 2.11. The molecule has 0 aliphatic carbocycles. The van der Waals surface area contributed by atoms with E-state index in [0.717, 1.165) is 21.2 Å². The predicted molar refractivity (Wildman–Crippen MR) is 95.5 cm³/mol. The van der Waals surface area contributed by atoms with E-state index in [4.69, 9.17) is 9.15 Å². The Morgan fingerprint density at radius 2 is 1.92 bits per heavy atom. The Morgan fingerprint density at radius 1 is 1.08 bits per heavy atom. The summed E-state index contributed by atoms with van der Waals surface area (Å²) in [6.07, 6.45) is 0. The second kappa shape index (κ2) is 6.62. The number of ether oxygens (including phenoxy) is 1. The summed E-state index contributed by atoms with van der Waals surface area (Å²) in [4.78, 5) is 4.59. The van der Waals surface area contributed by atoms with Crippen LogP contribution in [-0.4, -0.2) is 22.3 Å². The number of thiazole rings is 1. The molecule has 2 aromatic heterocycles. The van der Waals surface area contributed by atoms with Gasteiger partial charge in [0.2, 0.25) is 11.8 Å². The number of methoxy groups -OCH3 is 1. The highest BCUT2D eigenvalue weighted by Crippen LogP contribution is 2.31. The third-order valence-electron chi connectivity index (χ3n) is 3.40. The van der Waals surface area contributed by atoms with Crippen molar-refractivity contribution in [2.24, 2.45) is 0 Å². The van der Waals surface area contributed by atoms with Gasteiger partial charge in [0, 0.05) is 5.56 Å². The van der Waals surface area contributed by atoms with Crippen molar-refractivity contribution in [3.05, 3.63) is 54.4 Å². The van der Waals surface area contributed by atoms with E-state index in [0.29, 0.717) is 17.5 Å². The van der Waals surface area contributed by atoms with E-state index in [9.17, 15) is 0 Å². The van der Waals surface area contributed by atoms with Gasteiger partial charge in [-0.05, 0) is 36.4 Å². The lowest BCUT2D eigenvalue weighted by Gasteiger charge is -1.99. The molecule has 7 heteroatoms. The van der Waals surface area contributed by atoms with Gasteiger partial charge < -0.3 is 9.15 Å². The van der Waals surface area contributed by atoms with Crippen molar-refractivity contribution >= 4 is 33.3 Å². The summed E-state index contributed by atoms with van der Waals surface area (Å²) < 4.78 is 13.1. The van der Waals surface area contributed by atoms with Gasteiger partial charge in [-0.1, -0.05) is 23.9 Å². The van der Waals surface area contributed by atoms with E-state index in [1.807, 2.05) is 42.5 Å². The molecule has 2 aromatic carbocycles. The third kappa shape index (κ3) is 3.13. The second-order valence-corrected chi connectivity index (χ2v) is 7.22. The quantitative estimate of drug-likeness (QED) is 0.486. The lowest BCUT2D eigenvalue weighted by molar-refractivity contribution is 0.415. The summed E-state index contributed by atoms with van der Waals surface area (Å²) in [5.74, 6) is 2.50. The van der Waals surface area contributed by atoms with Crippen LogP contribution in [0.5, 0.6) is 5.75 Å². The molecule has 0 N–H and O–H groups in total. The van der Waals surface area contributed by atoms with Crippen LogP contribution in [-0.2, 0) is 5.75 Å². The average molecular weight is 355 g/mol. The molecule has 5 nitrogen and oxygen atoms in total. The molecule has 4 rings (SSSR count). The van der Waals surface area contributed by atoms with Gasteiger partial charge in [0.25, 0.3) is 0 Å². The van der Waals surface area contributed by atoms with Gasteiger partial charge in [0.15, 0.2) is 4.34 Å². The molecule has 0 saturated heterocycles. The number of benzene rings is 2. The Balaban J connectivity index is 1.46. The molecule has 2 heterocycles. The molecule has 120 valence electrons. The summed E-state index contributed by atoms with van der Waals surface area (Å²) in [7, 11) is 1.64. The van der Waals surface area contributed by atoms with Crippen LogP contribution in [0, 0.1) is 0 Å². The maximum absolute atomic E-state index is 5.73. The molecule has 0 radical (unpaired) electrons. The van der Waals surface area contributed by atoms with Gasteiger partial charge >= 0.3 is 0 Å². The summed E-state index contributed by atoms with van der Waals surface area (Å²) in [5, 5.41) is 8.22. The van der Waals surface area contributed by atoms with Crippen molar-refractivity contribution in [1.29, 1.82) is 0 Å². The number of thioether (sulfide) groups is 1. The first kappa shape index (κ1) is 15.2. The van der Waals surface area contributed by atoms with E-state index in [1.165, 1.54) is 4.70 Å². The normalized spacial score (nSPS) is 11.0. The fourth-order valence-corrected chi connectivity index (χ4v) is 4.10. The van der Waals surface area contributed by atoms with Crippen molar-refractivity contribution in [2.45, 2.75) is 10.1 Å². The molecule has 0 aliphatic heterocycles. The zero-order valence-electron chi connectivity index (χ0n) is 12.8. The van der Waals surface area contributed by atoms with Crippen LogP contribution in [0.15, 0.2) is 57.3 Å². The summed E-state index contributed by atoms with van der Waals surface area (Å²) in [6, 6.07) is 15.7. The largest absolute Gasteiger partial charge is 0.497 e. The number of fused-ring (bicyclic) bond motifs is 1. The zero-order chi connectivity index (χ0) is 16.4. The number of para-hydroxylation sites is 1. The predicted octanol–water partition coefficient (Wildman–Crippen LogP) is 4.65. The standard InChI is InChI=1S/C17H13N3O2S2/c1-21-12-8-6-11(7-9-12)16-20-19-15(22-16)10-23-17-18-13-4-2-3-5-14(13)24-17/h2-9H,10H2,1H3. The maximum atomic E-state index is 5.73. The van der Waals surface area contributed by atoms with Crippen LogP contribution in [0.2, 0.25) is 0 Å². The molecular weight excluding hydrogens is 342 g/mol. The molecule has 0 amide bonds. The van der Waals surface area contributed by atoms with E-state index < -0.39 is 0 Å². The van der Waals surface area contributed by atoms with Crippen molar-refractivity contribution in [3.63, 3.8) is 0 Å². The van der Waals surface area contributed by atoms with Crippen molar-refractivity contribution in [1.82, 2.24) is 15.2 Å². The highest BCUT2D eigenvalue weighted by molar-refractivity contribution is 8.00. The zero-order valence-corrected chi connectivity index (χ0v) is 14.4. The SMILES string of the molecule is COc1ccc(-c2nnc(CSc3nc4ccccc4s3)o2)cc1. The van der Waals surface area contributed by atoms with Crippen molar-refractivity contribution in [2.75, 3.05) is 7.11 Å². The van der Waals surface area contributed by atoms with Gasteiger partial charge in [-0.2, -0.15) is 0 Å². The van der Waals surface area contributed by atoms with Gasteiger partial charge in [-0.25, -0.2) is 4.98 Å². The minimum atomic E-state index is 0.512. The Hall–Kier alpha value is -2.38. The smallest absolute Gasteiger partial charge is 0.247 e. The van der Waals surface area contributed by atoms with Crippen molar-refractivity contribution in [3.8, 4) is 17.2 Å². The first-order valence-corrected chi connectivity index (χ1v) is 9.07. The first-order valence-electron chi connectivity index (χ1n) is 7.27. The molecule has 4 aromatic rings. The summed E-state index contributed by atoms with van der Waals surface area (Å²) in [5.41, 5.74) is 1.90. The Bertz CT molecular complexity index is 930. The molecule has 0 fully saturated rings. The number of hydrogen-bond donors (Lipinski definition) is 0. The molecule has 24 heavy (non-hydrogen) atoms. The van der Waals surface area contributed by atoms with Gasteiger partial charge in [0.05, 0.1) is 23.1 Å². The van der Waals surface area contributed by atoms with E-state index in [-0.39, 0.29) is 0 Å². The first-order chi connectivity index (χ1) is 11.8. The minimum Gasteiger partial charge on any atom is -0.497 e. The molecule has 0 unspecified atom stereocenters. The van der Waals surface area contributed by atoms with E-state index in [1.54, 1.807) is 30.2 Å². The monoisotopic (exact) mass is 355 g/mol.